The lowest BCUT2D eigenvalue weighted by Crippen LogP contribution is -2.37. The van der Waals surface area contributed by atoms with E-state index in [1.54, 1.807) is 20.2 Å². The van der Waals surface area contributed by atoms with Gasteiger partial charge in [-0.3, -0.25) is 13.9 Å². The van der Waals surface area contributed by atoms with Crippen LogP contribution in [-0.2, 0) is 14.8 Å². The van der Waals surface area contributed by atoms with E-state index in [4.69, 9.17) is 0 Å². The van der Waals surface area contributed by atoms with Crippen LogP contribution in [0.3, 0.4) is 0 Å². The fourth-order valence-electron chi connectivity index (χ4n) is 2.31. The van der Waals surface area contributed by atoms with E-state index in [2.05, 4.69) is 5.32 Å². The second-order valence-electron chi connectivity index (χ2n) is 6.04. The van der Waals surface area contributed by atoms with Crippen LogP contribution in [0.4, 0.5) is 15.8 Å². The minimum absolute atomic E-state index is 0.0390. The zero-order chi connectivity index (χ0) is 20.2. The van der Waals surface area contributed by atoms with Crippen molar-refractivity contribution in [3.63, 3.8) is 0 Å². The Kier molecular flexibility index (Phi) is 6.17. The monoisotopic (exact) mass is 393 g/mol. The molecule has 2 amide bonds. The third-order valence-electron chi connectivity index (χ3n) is 3.64. The van der Waals surface area contributed by atoms with Gasteiger partial charge in [0, 0.05) is 19.7 Å². The molecule has 27 heavy (non-hydrogen) atoms. The lowest BCUT2D eigenvalue weighted by Gasteiger charge is -2.22. The maximum atomic E-state index is 13.6. The summed E-state index contributed by atoms with van der Waals surface area (Å²) >= 11 is 0. The van der Waals surface area contributed by atoms with Crippen molar-refractivity contribution >= 4 is 33.2 Å². The molecule has 0 aliphatic rings. The van der Waals surface area contributed by atoms with Crippen LogP contribution in [-0.4, -0.2) is 52.0 Å². The summed E-state index contributed by atoms with van der Waals surface area (Å²) in [5, 5.41) is 2.35. The molecule has 0 bridgehead atoms. The molecule has 0 saturated heterocycles. The molecule has 0 radical (unpaired) electrons. The lowest BCUT2D eigenvalue weighted by molar-refractivity contribution is -0.114. The molecule has 0 saturated carbocycles. The van der Waals surface area contributed by atoms with Gasteiger partial charge >= 0.3 is 0 Å². The largest absolute Gasteiger partial charge is 0.345 e. The van der Waals surface area contributed by atoms with Gasteiger partial charge in [0.1, 0.15) is 12.4 Å². The van der Waals surface area contributed by atoms with Gasteiger partial charge in [-0.25, -0.2) is 12.8 Å². The number of hydrogen-bond donors (Lipinski definition) is 1. The van der Waals surface area contributed by atoms with Crippen molar-refractivity contribution in [1.29, 1.82) is 0 Å². The van der Waals surface area contributed by atoms with E-state index in [1.165, 1.54) is 47.4 Å². The highest BCUT2D eigenvalue weighted by molar-refractivity contribution is 7.92. The fourth-order valence-corrected chi connectivity index (χ4v) is 3.17. The first-order valence-electron chi connectivity index (χ1n) is 7.93. The Morgan fingerprint density at radius 2 is 1.63 bits per heavy atom. The minimum atomic E-state index is -3.78. The first kappa shape index (κ1) is 20.4. The number of benzene rings is 2. The SMILES string of the molecule is CN(C)C(=O)c1ccc(N(CC(=O)Nc2ccccc2F)S(C)(=O)=O)cc1. The Balaban J connectivity index is 2.22. The number of amides is 2. The van der Waals surface area contributed by atoms with Crippen LogP contribution in [0.2, 0.25) is 0 Å². The number of nitrogens with zero attached hydrogens (tertiary/aromatic N) is 2. The Labute approximate surface area is 157 Å². The molecule has 0 atom stereocenters. The number of carbonyl (C=O) groups excluding carboxylic acids is 2. The third-order valence-corrected chi connectivity index (χ3v) is 4.78. The molecule has 0 aliphatic heterocycles. The molecule has 2 aromatic rings. The highest BCUT2D eigenvalue weighted by Gasteiger charge is 2.22. The second-order valence-corrected chi connectivity index (χ2v) is 7.95. The maximum absolute atomic E-state index is 13.6. The minimum Gasteiger partial charge on any atom is -0.345 e. The summed E-state index contributed by atoms with van der Waals surface area (Å²) < 4.78 is 38.8. The van der Waals surface area contributed by atoms with Crippen molar-refractivity contribution in [3.05, 3.63) is 59.9 Å². The number of carbonyl (C=O) groups is 2. The van der Waals surface area contributed by atoms with Gasteiger partial charge < -0.3 is 10.2 Å². The Morgan fingerprint density at radius 1 is 1.04 bits per heavy atom. The summed E-state index contributed by atoms with van der Waals surface area (Å²) in [6.07, 6.45) is 0.961. The van der Waals surface area contributed by atoms with Crippen LogP contribution in [0.25, 0.3) is 0 Å². The molecule has 9 heteroatoms. The van der Waals surface area contributed by atoms with E-state index in [-0.39, 0.29) is 17.3 Å². The van der Waals surface area contributed by atoms with Gasteiger partial charge in [0.25, 0.3) is 5.91 Å². The van der Waals surface area contributed by atoms with Crippen molar-refractivity contribution < 1.29 is 22.4 Å². The molecule has 0 aliphatic carbocycles. The molecule has 2 aromatic carbocycles. The Hall–Kier alpha value is -2.94. The van der Waals surface area contributed by atoms with Crippen LogP contribution in [0.1, 0.15) is 10.4 Å². The summed E-state index contributed by atoms with van der Waals surface area (Å²) in [6.45, 7) is -0.534. The van der Waals surface area contributed by atoms with Crippen LogP contribution in [0.15, 0.2) is 48.5 Å². The number of sulfonamides is 1. The molecule has 2 rings (SSSR count). The molecule has 0 unspecified atom stereocenters. The number of para-hydroxylation sites is 1. The smallest absolute Gasteiger partial charge is 0.253 e. The van der Waals surface area contributed by atoms with Gasteiger partial charge in [0.15, 0.2) is 0 Å². The quantitative estimate of drug-likeness (QED) is 0.813. The molecule has 0 spiro atoms. The summed E-state index contributed by atoms with van der Waals surface area (Å²) in [6, 6.07) is 11.4. The average Bonchev–Trinajstić information content (AvgIpc) is 2.60. The summed E-state index contributed by atoms with van der Waals surface area (Å²) in [5.41, 5.74) is 0.562. The number of anilines is 2. The predicted octanol–water partition coefficient (Wildman–Crippen LogP) is 1.93. The second kappa shape index (κ2) is 8.17. The van der Waals surface area contributed by atoms with Gasteiger partial charge in [-0.2, -0.15) is 0 Å². The van der Waals surface area contributed by atoms with Crippen LogP contribution in [0.5, 0.6) is 0 Å². The first-order chi connectivity index (χ1) is 12.6. The van der Waals surface area contributed by atoms with Crippen molar-refractivity contribution in [2.24, 2.45) is 0 Å². The summed E-state index contributed by atoms with van der Waals surface area (Å²) in [7, 11) is -0.575. The number of hydrogen-bond acceptors (Lipinski definition) is 4. The zero-order valence-electron chi connectivity index (χ0n) is 15.1. The van der Waals surface area contributed by atoms with Gasteiger partial charge in [-0.15, -0.1) is 0 Å². The molecule has 1 N–H and O–H groups in total. The lowest BCUT2D eigenvalue weighted by atomic mass is 10.2. The molecular formula is C18H20FN3O4S. The third kappa shape index (κ3) is 5.27. The normalized spacial score (nSPS) is 11.0. The van der Waals surface area contributed by atoms with Crippen molar-refractivity contribution in [3.8, 4) is 0 Å². The van der Waals surface area contributed by atoms with Gasteiger partial charge in [-0.1, -0.05) is 12.1 Å². The highest BCUT2D eigenvalue weighted by Crippen LogP contribution is 2.19. The van der Waals surface area contributed by atoms with Crippen molar-refractivity contribution in [2.75, 3.05) is 36.5 Å². The van der Waals surface area contributed by atoms with E-state index >= 15 is 0 Å². The summed E-state index contributed by atoms with van der Waals surface area (Å²) in [4.78, 5) is 25.5. The molecule has 144 valence electrons. The van der Waals surface area contributed by atoms with Gasteiger partial charge in [-0.05, 0) is 36.4 Å². The Bertz CT molecular complexity index is 943. The zero-order valence-corrected chi connectivity index (χ0v) is 16.0. The van der Waals surface area contributed by atoms with E-state index in [1.807, 2.05) is 0 Å². The molecular weight excluding hydrogens is 373 g/mol. The van der Waals surface area contributed by atoms with Crippen LogP contribution in [0, 0.1) is 5.82 Å². The first-order valence-corrected chi connectivity index (χ1v) is 9.78. The molecule has 7 nitrogen and oxygen atoms in total. The maximum Gasteiger partial charge on any atom is 0.253 e. The number of halogens is 1. The van der Waals surface area contributed by atoms with E-state index in [0.29, 0.717) is 5.56 Å². The van der Waals surface area contributed by atoms with Crippen LogP contribution >= 0.6 is 0 Å². The topological polar surface area (TPSA) is 86.8 Å². The van der Waals surface area contributed by atoms with Gasteiger partial charge in [0.2, 0.25) is 15.9 Å². The molecule has 0 aromatic heterocycles. The number of nitrogens with one attached hydrogen (secondary N) is 1. The van der Waals surface area contributed by atoms with Crippen molar-refractivity contribution in [1.82, 2.24) is 4.90 Å². The number of rotatable bonds is 6. The average molecular weight is 393 g/mol. The van der Waals surface area contributed by atoms with E-state index in [9.17, 15) is 22.4 Å². The predicted molar refractivity (Wildman–Crippen MR) is 102 cm³/mol. The van der Waals surface area contributed by atoms with Gasteiger partial charge in [0.05, 0.1) is 17.6 Å². The van der Waals surface area contributed by atoms with Crippen LogP contribution < -0.4 is 9.62 Å². The summed E-state index contributed by atoms with van der Waals surface area (Å²) in [5.74, 6) is -1.55. The molecule has 0 fully saturated rings. The fraction of sp³-hybridized carbons (Fsp3) is 0.222. The molecule has 0 heterocycles. The van der Waals surface area contributed by atoms with Crippen molar-refractivity contribution in [2.45, 2.75) is 0 Å². The standard InChI is InChI=1S/C18H20FN3O4S/c1-21(2)18(24)13-8-10-14(11-9-13)22(27(3,25)26)12-17(23)20-16-7-5-4-6-15(16)19/h4-11H,12H2,1-3H3,(H,20,23). The highest BCUT2D eigenvalue weighted by atomic mass is 32.2. The van der Waals surface area contributed by atoms with E-state index in [0.717, 1.165) is 10.6 Å². The Morgan fingerprint density at radius 3 is 2.15 bits per heavy atom. The van der Waals surface area contributed by atoms with E-state index < -0.39 is 28.3 Å².